The molecule has 0 spiro atoms. The van der Waals surface area contributed by atoms with Crippen molar-refractivity contribution in [3.8, 4) is 0 Å². The summed E-state index contributed by atoms with van der Waals surface area (Å²) >= 11 is 6.14. The summed E-state index contributed by atoms with van der Waals surface area (Å²) in [5, 5.41) is -0.253. The van der Waals surface area contributed by atoms with Crippen LogP contribution in [0.1, 0.15) is 31.4 Å². The number of sulfone groups is 1. The first-order valence-electron chi connectivity index (χ1n) is 8.72. The zero-order chi connectivity index (χ0) is 17.5. The number of hydrogen-bond acceptors (Lipinski definition) is 7. The normalized spacial score (nSPS) is 24.3. The lowest BCUT2D eigenvalue weighted by Gasteiger charge is -2.30. The molecule has 25 heavy (non-hydrogen) atoms. The van der Waals surface area contributed by atoms with Crippen molar-refractivity contribution >= 4 is 27.3 Å². The fourth-order valence-corrected chi connectivity index (χ4v) is 6.39. The van der Waals surface area contributed by atoms with Gasteiger partial charge in [-0.05, 0) is 37.3 Å². The first kappa shape index (κ1) is 17.5. The molecule has 2 saturated heterocycles. The molecule has 4 rings (SSSR count). The molecule has 2 aliphatic heterocycles. The van der Waals surface area contributed by atoms with Crippen molar-refractivity contribution in [2.24, 2.45) is 0 Å². The van der Waals surface area contributed by atoms with Crippen LogP contribution in [0.2, 0.25) is 5.28 Å². The molecule has 0 radical (unpaired) electrons. The Balaban J connectivity index is 1.67. The molecule has 3 heterocycles. The summed E-state index contributed by atoms with van der Waals surface area (Å²) in [4.78, 5) is 10.7. The van der Waals surface area contributed by atoms with Crippen molar-refractivity contribution in [1.82, 2.24) is 9.97 Å². The second-order valence-electron chi connectivity index (χ2n) is 6.83. The molecule has 138 valence electrons. The maximum atomic E-state index is 13.3. The van der Waals surface area contributed by atoms with E-state index < -0.39 is 14.6 Å². The van der Waals surface area contributed by atoms with Crippen molar-refractivity contribution < 1.29 is 17.9 Å². The Hall–Kier alpha value is -0.960. The highest BCUT2D eigenvalue weighted by Crippen LogP contribution is 2.55. The fraction of sp³-hybridized carbons (Fsp3) is 0.750. The Morgan fingerprint density at radius 1 is 1.08 bits per heavy atom. The van der Waals surface area contributed by atoms with E-state index in [1.807, 2.05) is 0 Å². The van der Waals surface area contributed by atoms with Gasteiger partial charge in [0.2, 0.25) is 5.28 Å². The van der Waals surface area contributed by atoms with Gasteiger partial charge in [0.1, 0.15) is 10.6 Å². The van der Waals surface area contributed by atoms with Gasteiger partial charge in [0, 0.05) is 32.4 Å². The van der Waals surface area contributed by atoms with E-state index in [4.69, 9.17) is 21.1 Å². The molecule has 0 N–H and O–H groups in total. The SMILES string of the molecule is O=S(=O)(C1CCOCC1)C1(c2cc(N3CCOCC3)nc(Cl)n2)CC1. The summed E-state index contributed by atoms with van der Waals surface area (Å²) in [5.41, 5.74) is 0.542. The maximum absolute atomic E-state index is 13.3. The molecule has 3 fully saturated rings. The monoisotopic (exact) mass is 387 g/mol. The van der Waals surface area contributed by atoms with Crippen LogP contribution in [0.3, 0.4) is 0 Å². The average molecular weight is 388 g/mol. The lowest BCUT2D eigenvalue weighted by Crippen LogP contribution is -2.38. The van der Waals surface area contributed by atoms with Gasteiger partial charge < -0.3 is 14.4 Å². The fourth-order valence-electron chi connectivity index (χ4n) is 3.70. The van der Waals surface area contributed by atoms with Crippen LogP contribution < -0.4 is 4.90 Å². The average Bonchev–Trinajstić information content (AvgIpc) is 3.45. The molecule has 1 saturated carbocycles. The molecule has 7 nitrogen and oxygen atoms in total. The third kappa shape index (κ3) is 3.13. The molecule has 1 aromatic rings. The lowest BCUT2D eigenvalue weighted by atomic mass is 10.2. The van der Waals surface area contributed by atoms with E-state index >= 15 is 0 Å². The van der Waals surface area contributed by atoms with Crippen molar-refractivity contribution in [3.05, 3.63) is 17.0 Å². The summed E-state index contributed by atoms with van der Waals surface area (Å²) < 4.78 is 36.3. The van der Waals surface area contributed by atoms with Crippen LogP contribution in [0.15, 0.2) is 6.07 Å². The number of morpholine rings is 1. The van der Waals surface area contributed by atoms with E-state index in [0.29, 0.717) is 76.7 Å². The first-order valence-corrected chi connectivity index (χ1v) is 10.6. The summed E-state index contributed by atoms with van der Waals surface area (Å²) in [6.07, 6.45) is 2.31. The van der Waals surface area contributed by atoms with Crippen LogP contribution >= 0.6 is 11.6 Å². The third-order valence-corrected chi connectivity index (χ3v) is 8.57. The molecular weight excluding hydrogens is 366 g/mol. The topological polar surface area (TPSA) is 81.6 Å². The van der Waals surface area contributed by atoms with Crippen LogP contribution in [0.25, 0.3) is 0 Å². The van der Waals surface area contributed by atoms with Crippen molar-refractivity contribution in [2.45, 2.75) is 35.7 Å². The maximum Gasteiger partial charge on any atom is 0.224 e. The van der Waals surface area contributed by atoms with Gasteiger partial charge in [-0.15, -0.1) is 0 Å². The third-order valence-electron chi connectivity index (χ3n) is 5.34. The number of nitrogens with zero attached hydrogens (tertiary/aromatic N) is 3. The first-order chi connectivity index (χ1) is 12.0. The molecule has 0 amide bonds. The van der Waals surface area contributed by atoms with Crippen LogP contribution in [0, 0.1) is 0 Å². The van der Waals surface area contributed by atoms with Gasteiger partial charge in [0.25, 0.3) is 0 Å². The van der Waals surface area contributed by atoms with Gasteiger partial charge >= 0.3 is 0 Å². The van der Waals surface area contributed by atoms with E-state index in [9.17, 15) is 8.42 Å². The van der Waals surface area contributed by atoms with Crippen molar-refractivity contribution in [1.29, 1.82) is 0 Å². The minimum Gasteiger partial charge on any atom is -0.381 e. The predicted octanol–water partition coefficient (Wildman–Crippen LogP) is 1.55. The number of ether oxygens (including phenoxy) is 2. The van der Waals surface area contributed by atoms with Gasteiger partial charge in [-0.1, -0.05) is 0 Å². The van der Waals surface area contributed by atoms with E-state index in [1.165, 1.54) is 0 Å². The number of hydrogen-bond donors (Lipinski definition) is 0. The zero-order valence-corrected chi connectivity index (χ0v) is 15.6. The van der Waals surface area contributed by atoms with E-state index in [2.05, 4.69) is 14.9 Å². The van der Waals surface area contributed by atoms with Crippen LogP contribution in [0.5, 0.6) is 0 Å². The van der Waals surface area contributed by atoms with Gasteiger partial charge in [0.15, 0.2) is 9.84 Å². The predicted molar refractivity (Wildman–Crippen MR) is 93.7 cm³/mol. The standard InChI is InChI=1S/C16H22ClN3O4S/c17-15-18-13(11-14(19-15)20-5-9-24-10-6-20)16(3-4-16)25(21,22)12-1-7-23-8-2-12/h11-12H,1-10H2. The quantitative estimate of drug-likeness (QED) is 0.725. The van der Waals surface area contributed by atoms with Gasteiger partial charge in [-0.25, -0.2) is 18.4 Å². The minimum absolute atomic E-state index is 0.104. The number of rotatable bonds is 4. The summed E-state index contributed by atoms with van der Waals surface area (Å²) in [6, 6.07) is 1.81. The number of aromatic nitrogens is 2. The number of anilines is 1. The van der Waals surface area contributed by atoms with E-state index in [-0.39, 0.29) is 10.5 Å². The van der Waals surface area contributed by atoms with Crippen LogP contribution in [-0.2, 0) is 24.1 Å². The molecule has 1 aromatic heterocycles. The smallest absolute Gasteiger partial charge is 0.224 e. The summed E-state index contributed by atoms with van der Waals surface area (Å²) in [6.45, 7) is 3.69. The second-order valence-corrected chi connectivity index (χ2v) is 9.71. The Morgan fingerprint density at radius 2 is 1.72 bits per heavy atom. The molecular formula is C16H22ClN3O4S. The highest BCUT2D eigenvalue weighted by Gasteiger charge is 2.59. The molecule has 0 aromatic carbocycles. The Bertz CT molecular complexity index is 742. The molecule has 1 aliphatic carbocycles. The molecule has 3 aliphatic rings. The van der Waals surface area contributed by atoms with Gasteiger partial charge in [-0.2, -0.15) is 0 Å². The van der Waals surface area contributed by atoms with Gasteiger partial charge in [-0.3, -0.25) is 0 Å². The Labute approximate surface area is 152 Å². The van der Waals surface area contributed by atoms with Gasteiger partial charge in [0.05, 0.1) is 24.2 Å². The van der Waals surface area contributed by atoms with Crippen LogP contribution in [0.4, 0.5) is 5.82 Å². The largest absolute Gasteiger partial charge is 0.381 e. The highest BCUT2D eigenvalue weighted by atomic mass is 35.5. The number of halogens is 1. The van der Waals surface area contributed by atoms with Crippen molar-refractivity contribution in [3.63, 3.8) is 0 Å². The molecule has 0 bridgehead atoms. The molecule has 0 unspecified atom stereocenters. The van der Waals surface area contributed by atoms with E-state index in [0.717, 1.165) is 0 Å². The second kappa shape index (κ2) is 6.64. The lowest BCUT2D eigenvalue weighted by molar-refractivity contribution is 0.0981. The Kier molecular flexibility index (Phi) is 4.64. The highest BCUT2D eigenvalue weighted by molar-refractivity contribution is 7.93. The van der Waals surface area contributed by atoms with Crippen LogP contribution in [-0.4, -0.2) is 63.2 Å². The molecule has 9 heteroatoms. The minimum atomic E-state index is -3.34. The molecule has 0 atom stereocenters. The van der Waals surface area contributed by atoms with E-state index in [1.54, 1.807) is 6.07 Å². The summed E-state index contributed by atoms with van der Waals surface area (Å²) in [7, 11) is -3.34. The van der Waals surface area contributed by atoms with Crippen molar-refractivity contribution in [2.75, 3.05) is 44.4 Å². The summed E-state index contributed by atoms with van der Waals surface area (Å²) in [5.74, 6) is 0.687. The Morgan fingerprint density at radius 3 is 2.36 bits per heavy atom. The zero-order valence-electron chi connectivity index (χ0n) is 14.0.